The summed E-state index contributed by atoms with van der Waals surface area (Å²) >= 11 is 1.42. The molecule has 1 aromatic heterocycles. The second kappa shape index (κ2) is 8.58. The molecule has 0 saturated carbocycles. The maximum atomic E-state index is 12.9. The first-order chi connectivity index (χ1) is 13.8. The predicted molar refractivity (Wildman–Crippen MR) is 105 cm³/mol. The fourth-order valence-electron chi connectivity index (χ4n) is 3.77. The van der Waals surface area contributed by atoms with Crippen molar-refractivity contribution in [2.24, 2.45) is 0 Å². The molecule has 2 unspecified atom stereocenters. The van der Waals surface area contributed by atoms with Crippen molar-refractivity contribution in [3.05, 3.63) is 58.6 Å². The van der Waals surface area contributed by atoms with Gasteiger partial charge in [0.05, 0.1) is 34.3 Å². The fourth-order valence-corrected chi connectivity index (χ4v) is 5.06. The Morgan fingerprint density at radius 1 is 1.20 bits per heavy atom. The van der Waals surface area contributed by atoms with Gasteiger partial charge in [0, 0.05) is 5.75 Å². The first-order valence-corrected chi connectivity index (χ1v) is 10.1. The molecular weight excluding hydrogens is 415 g/mol. The molecule has 0 aliphatic carbocycles. The zero-order valence-electron chi connectivity index (χ0n) is 17.1. The number of amides is 2. The summed E-state index contributed by atoms with van der Waals surface area (Å²) in [7, 11) is 0. The van der Waals surface area contributed by atoms with Gasteiger partial charge >= 0.3 is 29.6 Å². The van der Waals surface area contributed by atoms with E-state index in [0.717, 1.165) is 5.69 Å². The van der Waals surface area contributed by atoms with Crippen LogP contribution in [-0.4, -0.2) is 49.6 Å². The third-order valence-corrected chi connectivity index (χ3v) is 6.58. The van der Waals surface area contributed by atoms with E-state index in [1.54, 1.807) is 25.5 Å². The number of carbonyl (C=O) groups excluding carboxylic acids is 3. The molecule has 30 heavy (non-hydrogen) atoms. The summed E-state index contributed by atoms with van der Waals surface area (Å²) in [5.41, 5.74) is 2.95. The van der Waals surface area contributed by atoms with Crippen LogP contribution in [0.3, 0.4) is 0 Å². The number of carboxylic acids is 1. The first kappa shape index (κ1) is 22.6. The summed E-state index contributed by atoms with van der Waals surface area (Å²) in [6, 6.07) is 8.67. The van der Waals surface area contributed by atoms with Crippen molar-refractivity contribution in [1.82, 2.24) is 20.0 Å². The van der Waals surface area contributed by atoms with Crippen molar-refractivity contribution in [2.45, 2.75) is 32.2 Å². The number of carboxylic acid groups (broad SMARTS) is 1. The molecule has 0 spiro atoms. The van der Waals surface area contributed by atoms with Gasteiger partial charge in [0.25, 0.3) is 11.8 Å². The molecule has 2 amide bonds. The monoisotopic (exact) mass is 434 g/mol. The molecule has 8 nitrogen and oxygen atoms in total. The van der Waals surface area contributed by atoms with Gasteiger partial charge in [0.2, 0.25) is 0 Å². The Morgan fingerprint density at radius 3 is 2.50 bits per heavy atom. The standard InChI is InChI=1S/C20H20N4O4S.Na/c1-10-9-29-19-15(18(26)23(19)16(10)20(27)28)21-17(25)14-11(2)22-24(12(14)3)13-7-5-4-6-8-13;/h4-8,15,19H,9H2,1-3H3,(H,21,25)(H,27,28);/q;+1/p-1. The Hall–Kier alpha value is -2.07. The van der Waals surface area contributed by atoms with Crippen molar-refractivity contribution in [2.75, 3.05) is 5.75 Å². The summed E-state index contributed by atoms with van der Waals surface area (Å²) in [6.07, 6.45) is 0. The fraction of sp³-hybridized carbons (Fsp3) is 0.300. The number of aliphatic carboxylic acids is 1. The molecular formula is C20H19N4NaO4S. The van der Waals surface area contributed by atoms with E-state index in [1.165, 1.54) is 16.7 Å². The van der Waals surface area contributed by atoms with Crippen LogP contribution in [0.5, 0.6) is 0 Å². The Kier molecular flexibility index (Phi) is 6.47. The number of nitrogens with one attached hydrogen (secondary N) is 1. The van der Waals surface area contributed by atoms with Gasteiger partial charge in [-0.1, -0.05) is 18.2 Å². The second-order valence-electron chi connectivity index (χ2n) is 7.07. The Labute approximate surface area is 200 Å². The van der Waals surface area contributed by atoms with Gasteiger partial charge in [-0.3, -0.25) is 14.5 Å². The van der Waals surface area contributed by atoms with Crippen molar-refractivity contribution >= 4 is 29.5 Å². The zero-order valence-corrected chi connectivity index (χ0v) is 19.9. The van der Waals surface area contributed by atoms with Crippen LogP contribution >= 0.6 is 11.8 Å². The average Bonchev–Trinajstić information content (AvgIpc) is 3.00. The van der Waals surface area contributed by atoms with E-state index in [-0.39, 0.29) is 35.3 Å². The molecule has 2 aliphatic heterocycles. The van der Waals surface area contributed by atoms with Crippen LogP contribution in [0.2, 0.25) is 0 Å². The van der Waals surface area contributed by atoms with Crippen molar-refractivity contribution in [1.29, 1.82) is 0 Å². The van der Waals surface area contributed by atoms with Crippen LogP contribution in [0.15, 0.2) is 41.6 Å². The number of benzene rings is 1. The minimum Gasteiger partial charge on any atom is -0.543 e. The van der Waals surface area contributed by atoms with Crippen LogP contribution in [0.25, 0.3) is 5.69 Å². The number of para-hydroxylation sites is 1. The van der Waals surface area contributed by atoms with Crippen LogP contribution in [0, 0.1) is 13.8 Å². The number of aryl methyl sites for hydroxylation is 1. The van der Waals surface area contributed by atoms with Crippen LogP contribution in [-0.2, 0) is 9.59 Å². The summed E-state index contributed by atoms with van der Waals surface area (Å²) in [6.45, 7) is 5.20. The van der Waals surface area contributed by atoms with E-state index in [0.29, 0.717) is 28.3 Å². The summed E-state index contributed by atoms with van der Waals surface area (Å²) in [5, 5.41) is 18.2. The normalized spacial score (nSPS) is 20.2. The van der Waals surface area contributed by atoms with E-state index in [1.807, 2.05) is 30.3 Å². The molecule has 2 aromatic rings. The molecule has 1 aromatic carbocycles. The van der Waals surface area contributed by atoms with Crippen LogP contribution in [0.1, 0.15) is 28.7 Å². The number of thioether (sulfide) groups is 1. The summed E-state index contributed by atoms with van der Waals surface area (Å²) < 4.78 is 1.69. The second-order valence-corrected chi connectivity index (χ2v) is 8.18. The Bertz CT molecular complexity index is 1070. The Balaban J connectivity index is 0.00000256. The molecule has 2 aliphatic rings. The molecule has 150 valence electrons. The van der Waals surface area contributed by atoms with E-state index >= 15 is 0 Å². The first-order valence-electron chi connectivity index (χ1n) is 9.09. The molecule has 3 heterocycles. The molecule has 4 rings (SSSR count). The number of carbonyl (C=O) groups is 3. The minimum atomic E-state index is -1.37. The van der Waals surface area contributed by atoms with Crippen molar-refractivity contribution in [3.8, 4) is 5.69 Å². The van der Waals surface area contributed by atoms with Crippen LogP contribution in [0.4, 0.5) is 0 Å². The van der Waals surface area contributed by atoms with Crippen molar-refractivity contribution in [3.63, 3.8) is 0 Å². The number of hydrogen-bond acceptors (Lipinski definition) is 6. The Morgan fingerprint density at radius 2 is 1.87 bits per heavy atom. The van der Waals surface area contributed by atoms with Crippen LogP contribution < -0.4 is 40.0 Å². The molecule has 1 saturated heterocycles. The molecule has 0 radical (unpaired) electrons. The SMILES string of the molecule is CC1=C(C(=O)[O-])N2C(=O)C(NC(=O)c3c(C)nn(-c4ccccc4)c3C)C2SC1.[Na+]. The third kappa shape index (κ3) is 3.60. The number of β-lactam (4-membered cyclic amide) rings is 1. The maximum absolute atomic E-state index is 12.9. The maximum Gasteiger partial charge on any atom is 1.00 e. The number of fused-ring (bicyclic) bond motifs is 1. The topological polar surface area (TPSA) is 107 Å². The molecule has 10 heteroatoms. The average molecular weight is 434 g/mol. The largest absolute Gasteiger partial charge is 1.00 e. The molecule has 1 N–H and O–H groups in total. The smallest absolute Gasteiger partial charge is 0.543 e. The van der Waals surface area contributed by atoms with E-state index in [2.05, 4.69) is 10.4 Å². The number of aromatic nitrogens is 2. The van der Waals surface area contributed by atoms with Gasteiger partial charge in [0.15, 0.2) is 0 Å². The van der Waals surface area contributed by atoms with Gasteiger partial charge in [-0.15, -0.1) is 11.8 Å². The molecule has 2 atom stereocenters. The minimum absolute atomic E-state index is 0. The zero-order chi connectivity index (χ0) is 20.9. The summed E-state index contributed by atoms with van der Waals surface area (Å²) in [4.78, 5) is 38.1. The number of nitrogens with zero attached hydrogens (tertiary/aromatic N) is 3. The third-order valence-electron chi connectivity index (χ3n) is 5.16. The van der Waals surface area contributed by atoms with Gasteiger partial charge in [-0.05, 0) is 38.5 Å². The van der Waals surface area contributed by atoms with E-state index in [9.17, 15) is 19.5 Å². The van der Waals surface area contributed by atoms with Gasteiger partial charge in [-0.2, -0.15) is 5.10 Å². The molecule has 0 bridgehead atoms. The van der Waals surface area contributed by atoms with E-state index in [4.69, 9.17) is 0 Å². The molecule has 1 fully saturated rings. The number of rotatable bonds is 4. The summed E-state index contributed by atoms with van der Waals surface area (Å²) in [5.74, 6) is -1.75. The predicted octanol–water partition coefficient (Wildman–Crippen LogP) is -2.47. The van der Waals surface area contributed by atoms with Gasteiger partial charge < -0.3 is 15.2 Å². The van der Waals surface area contributed by atoms with E-state index < -0.39 is 29.2 Å². The van der Waals surface area contributed by atoms with Gasteiger partial charge in [-0.25, -0.2) is 4.68 Å². The van der Waals surface area contributed by atoms with Crippen molar-refractivity contribution < 1.29 is 49.0 Å². The quantitative estimate of drug-likeness (QED) is 0.422. The number of hydrogen-bond donors (Lipinski definition) is 1. The van der Waals surface area contributed by atoms with Gasteiger partial charge in [0.1, 0.15) is 11.4 Å².